The molecule has 152 valence electrons. The molecule has 0 saturated heterocycles. The lowest BCUT2D eigenvalue weighted by atomic mass is 10.1. The zero-order valence-corrected chi connectivity index (χ0v) is 17.5. The van der Waals surface area contributed by atoms with Gasteiger partial charge in [0.15, 0.2) is 5.16 Å². The molecule has 1 heterocycles. The molecule has 0 aliphatic rings. The van der Waals surface area contributed by atoms with E-state index in [4.69, 9.17) is 9.47 Å². The Hall–Kier alpha value is -2.93. The first-order chi connectivity index (χ1) is 13.9. The van der Waals surface area contributed by atoms with Crippen LogP contribution in [0.5, 0.6) is 17.4 Å². The SMILES string of the molecule is COc1ccc(CSc2nc(O)c(Cc3ccc(OC(C)C)cc3)c(=O)[nH]2)cc1. The summed E-state index contributed by atoms with van der Waals surface area (Å²) in [7, 11) is 1.62. The van der Waals surface area contributed by atoms with Crippen molar-refractivity contribution in [3.05, 3.63) is 75.6 Å². The fraction of sp³-hybridized carbons (Fsp3) is 0.273. The van der Waals surface area contributed by atoms with Crippen LogP contribution in [0.1, 0.15) is 30.5 Å². The first-order valence-electron chi connectivity index (χ1n) is 9.28. The zero-order valence-electron chi connectivity index (χ0n) is 16.6. The quantitative estimate of drug-likeness (QED) is 0.427. The number of aromatic hydroxyl groups is 1. The van der Waals surface area contributed by atoms with Crippen molar-refractivity contribution in [2.24, 2.45) is 0 Å². The van der Waals surface area contributed by atoms with Crippen molar-refractivity contribution in [3.8, 4) is 17.4 Å². The summed E-state index contributed by atoms with van der Waals surface area (Å²) in [5.74, 6) is 1.93. The number of H-pyrrole nitrogens is 1. The van der Waals surface area contributed by atoms with Crippen molar-refractivity contribution in [1.82, 2.24) is 9.97 Å². The zero-order chi connectivity index (χ0) is 20.8. The predicted molar refractivity (Wildman–Crippen MR) is 114 cm³/mol. The maximum atomic E-state index is 12.5. The number of methoxy groups -OCH3 is 1. The second-order valence-corrected chi connectivity index (χ2v) is 7.76. The molecule has 0 aliphatic carbocycles. The van der Waals surface area contributed by atoms with Gasteiger partial charge in [-0.1, -0.05) is 36.0 Å². The van der Waals surface area contributed by atoms with Crippen LogP contribution < -0.4 is 15.0 Å². The van der Waals surface area contributed by atoms with Crippen LogP contribution in [0.25, 0.3) is 0 Å². The van der Waals surface area contributed by atoms with Gasteiger partial charge in [-0.25, -0.2) is 0 Å². The topological polar surface area (TPSA) is 84.4 Å². The summed E-state index contributed by atoms with van der Waals surface area (Å²) >= 11 is 1.35. The number of hydrogen-bond acceptors (Lipinski definition) is 6. The predicted octanol–water partition coefficient (Wildman–Crippen LogP) is 4.15. The Labute approximate surface area is 173 Å². The minimum absolute atomic E-state index is 0.0971. The molecule has 29 heavy (non-hydrogen) atoms. The number of hydrogen-bond donors (Lipinski definition) is 2. The standard InChI is InChI=1S/C22H24N2O4S/c1-14(2)28-18-10-4-15(5-11-18)12-19-20(25)23-22(24-21(19)26)29-13-16-6-8-17(27-3)9-7-16/h4-11,14H,12-13H2,1-3H3,(H2,23,24,25,26). The lowest BCUT2D eigenvalue weighted by molar-refractivity contribution is 0.242. The number of thioether (sulfide) groups is 1. The van der Waals surface area contributed by atoms with E-state index >= 15 is 0 Å². The van der Waals surface area contributed by atoms with E-state index in [0.29, 0.717) is 17.3 Å². The van der Waals surface area contributed by atoms with Crippen molar-refractivity contribution in [1.29, 1.82) is 0 Å². The third-order valence-corrected chi connectivity index (χ3v) is 5.13. The highest BCUT2D eigenvalue weighted by atomic mass is 32.2. The lowest BCUT2D eigenvalue weighted by Gasteiger charge is -2.10. The third-order valence-electron chi connectivity index (χ3n) is 4.18. The fourth-order valence-electron chi connectivity index (χ4n) is 2.73. The molecule has 2 N–H and O–H groups in total. The van der Waals surface area contributed by atoms with Crippen LogP contribution in [0, 0.1) is 0 Å². The van der Waals surface area contributed by atoms with E-state index in [0.717, 1.165) is 22.6 Å². The number of nitrogens with one attached hydrogen (secondary N) is 1. The highest BCUT2D eigenvalue weighted by Gasteiger charge is 2.12. The van der Waals surface area contributed by atoms with Crippen molar-refractivity contribution < 1.29 is 14.6 Å². The molecule has 0 aliphatic heterocycles. The molecule has 0 atom stereocenters. The molecule has 0 radical (unpaired) electrons. The van der Waals surface area contributed by atoms with Crippen LogP contribution in [0.2, 0.25) is 0 Å². The van der Waals surface area contributed by atoms with Gasteiger partial charge in [0.1, 0.15) is 11.5 Å². The first-order valence-corrected chi connectivity index (χ1v) is 10.3. The van der Waals surface area contributed by atoms with Gasteiger partial charge in [0.25, 0.3) is 5.56 Å². The molecule has 0 amide bonds. The molecule has 3 aromatic rings. The summed E-state index contributed by atoms with van der Waals surface area (Å²) in [6.07, 6.45) is 0.388. The van der Waals surface area contributed by atoms with Gasteiger partial charge in [0.05, 0.1) is 18.8 Å². The Bertz CT molecular complexity index is 999. The van der Waals surface area contributed by atoms with Crippen molar-refractivity contribution >= 4 is 11.8 Å². The minimum Gasteiger partial charge on any atom is -0.497 e. The van der Waals surface area contributed by atoms with Gasteiger partial charge in [0, 0.05) is 12.2 Å². The molecule has 7 heteroatoms. The van der Waals surface area contributed by atoms with Gasteiger partial charge in [0.2, 0.25) is 5.88 Å². The van der Waals surface area contributed by atoms with Crippen LogP contribution in [0.4, 0.5) is 0 Å². The lowest BCUT2D eigenvalue weighted by Crippen LogP contribution is -2.15. The molecule has 1 aromatic heterocycles. The van der Waals surface area contributed by atoms with Gasteiger partial charge in [-0.15, -0.1) is 0 Å². The molecular weight excluding hydrogens is 388 g/mol. The van der Waals surface area contributed by atoms with Crippen molar-refractivity contribution in [2.75, 3.05) is 7.11 Å². The van der Waals surface area contributed by atoms with E-state index in [-0.39, 0.29) is 23.1 Å². The number of nitrogens with zero attached hydrogens (tertiary/aromatic N) is 1. The van der Waals surface area contributed by atoms with Crippen molar-refractivity contribution in [3.63, 3.8) is 0 Å². The summed E-state index contributed by atoms with van der Waals surface area (Å²) in [4.78, 5) is 19.4. The molecule has 0 unspecified atom stereocenters. The Morgan fingerprint density at radius 2 is 1.66 bits per heavy atom. The van der Waals surface area contributed by atoms with Gasteiger partial charge in [-0.3, -0.25) is 4.79 Å². The van der Waals surface area contributed by atoms with Crippen LogP contribution in [0.3, 0.4) is 0 Å². The van der Waals surface area contributed by atoms with Crippen LogP contribution in [-0.4, -0.2) is 28.3 Å². The van der Waals surface area contributed by atoms with Gasteiger partial charge >= 0.3 is 0 Å². The van der Waals surface area contributed by atoms with E-state index in [1.807, 2.05) is 62.4 Å². The summed E-state index contributed by atoms with van der Waals surface area (Å²) in [6.45, 7) is 3.93. The molecule has 0 saturated carbocycles. The highest BCUT2D eigenvalue weighted by molar-refractivity contribution is 7.98. The summed E-state index contributed by atoms with van der Waals surface area (Å²) in [5, 5.41) is 10.7. The van der Waals surface area contributed by atoms with E-state index < -0.39 is 0 Å². The van der Waals surface area contributed by atoms with Gasteiger partial charge < -0.3 is 19.6 Å². The Morgan fingerprint density at radius 1 is 1.03 bits per heavy atom. The van der Waals surface area contributed by atoms with E-state index in [1.165, 1.54) is 11.8 Å². The Morgan fingerprint density at radius 3 is 2.24 bits per heavy atom. The maximum Gasteiger partial charge on any atom is 0.258 e. The van der Waals surface area contributed by atoms with Crippen molar-refractivity contribution in [2.45, 2.75) is 37.3 Å². The number of benzene rings is 2. The first kappa shape index (κ1) is 20.8. The second-order valence-electron chi connectivity index (χ2n) is 6.80. The molecule has 2 aromatic carbocycles. The van der Waals surface area contributed by atoms with Gasteiger partial charge in [-0.2, -0.15) is 4.98 Å². The second kappa shape index (κ2) is 9.52. The smallest absolute Gasteiger partial charge is 0.258 e. The van der Waals surface area contributed by atoms with Crippen LogP contribution in [-0.2, 0) is 12.2 Å². The van der Waals surface area contributed by atoms with Gasteiger partial charge in [-0.05, 0) is 49.2 Å². The molecule has 6 nitrogen and oxygen atoms in total. The Kier molecular flexibility index (Phi) is 6.82. The summed E-state index contributed by atoms with van der Waals surface area (Å²) in [5.41, 5.74) is 1.86. The third kappa shape index (κ3) is 5.77. The molecule has 0 spiro atoms. The summed E-state index contributed by atoms with van der Waals surface area (Å²) in [6, 6.07) is 15.1. The average molecular weight is 413 g/mol. The number of ether oxygens (including phenoxy) is 2. The molecule has 0 bridgehead atoms. The number of aromatic nitrogens is 2. The monoisotopic (exact) mass is 412 g/mol. The average Bonchev–Trinajstić information content (AvgIpc) is 2.70. The Balaban J connectivity index is 1.67. The molecule has 0 fully saturated rings. The van der Waals surface area contributed by atoms with Crippen LogP contribution in [0.15, 0.2) is 58.5 Å². The summed E-state index contributed by atoms with van der Waals surface area (Å²) < 4.78 is 10.8. The van der Waals surface area contributed by atoms with E-state index in [1.54, 1.807) is 7.11 Å². The van der Waals surface area contributed by atoms with E-state index in [9.17, 15) is 9.90 Å². The number of rotatable bonds is 8. The highest BCUT2D eigenvalue weighted by Crippen LogP contribution is 2.24. The molecule has 3 rings (SSSR count). The number of aromatic amines is 1. The van der Waals surface area contributed by atoms with Crippen LogP contribution >= 0.6 is 11.8 Å². The normalized spacial score (nSPS) is 10.9. The fourth-order valence-corrected chi connectivity index (χ4v) is 3.54. The largest absolute Gasteiger partial charge is 0.497 e. The van der Waals surface area contributed by atoms with E-state index in [2.05, 4.69) is 9.97 Å². The molecular formula is C22H24N2O4S. The minimum atomic E-state index is -0.336. The maximum absolute atomic E-state index is 12.5.